The standard InChI is InChI=1S/C9H9F7O2/c1-2-3-18-7(17)5(6(10)11)4-8(12,13)9(14,15)16/h2-4H2,1H3. The van der Waals surface area contributed by atoms with Crippen LogP contribution in [0.25, 0.3) is 0 Å². The van der Waals surface area contributed by atoms with Gasteiger partial charge in [-0.2, -0.15) is 30.7 Å². The predicted octanol–water partition coefficient (Wildman–Crippen LogP) is 3.68. The summed E-state index contributed by atoms with van der Waals surface area (Å²) in [6, 6.07) is 0. The fourth-order valence-corrected chi connectivity index (χ4v) is 0.820. The lowest BCUT2D eigenvalue weighted by Gasteiger charge is -2.19. The van der Waals surface area contributed by atoms with Gasteiger partial charge in [0.05, 0.1) is 13.0 Å². The summed E-state index contributed by atoms with van der Waals surface area (Å²) in [6.45, 7) is 1.14. The lowest BCUT2D eigenvalue weighted by atomic mass is 10.1. The SMILES string of the molecule is CCCOC(=O)C(CC(F)(F)C(F)(F)F)=C(F)F. The topological polar surface area (TPSA) is 26.3 Å². The Bertz CT molecular complexity index is 328. The van der Waals surface area contributed by atoms with Crippen molar-refractivity contribution in [3.05, 3.63) is 11.7 Å². The molecule has 0 radical (unpaired) electrons. The molecule has 0 aliphatic heterocycles. The third kappa shape index (κ3) is 4.53. The van der Waals surface area contributed by atoms with Crippen LogP contribution in [0.15, 0.2) is 11.7 Å². The molecule has 0 aliphatic rings. The number of carbonyl (C=O) groups excluding carboxylic acids is 1. The largest absolute Gasteiger partial charge is 0.462 e. The Hall–Kier alpha value is -1.28. The smallest absolute Gasteiger partial charge is 0.453 e. The van der Waals surface area contributed by atoms with Gasteiger partial charge in [-0.1, -0.05) is 6.92 Å². The lowest BCUT2D eigenvalue weighted by molar-refractivity contribution is -0.281. The maximum atomic E-state index is 12.5. The van der Waals surface area contributed by atoms with Crippen molar-refractivity contribution < 1.29 is 40.3 Å². The second-order valence-electron chi connectivity index (χ2n) is 3.25. The monoisotopic (exact) mass is 282 g/mol. The highest BCUT2D eigenvalue weighted by Gasteiger charge is 2.58. The van der Waals surface area contributed by atoms with Crippen molar-refractivity contribution >= 4 is 5.97 Å². The number of hydrogen-bond acceptors (Lipinski definition) is 2. The normalized spacial score (nSPS) is 12.2. The molecule has 0 aromatic carbocycles. The Balaban J connectivity index is 4.99. The van der Waals surface area contributed by atoms with E-state index in [1.165, 1.54) is 6.92 Å². The van der Waals surface area contributed by atoms with E-state index < -0.39 is 36.1 Å². The van der Waals surface area contributed by atoms with Crippen molar-refractivity contribution in [2.75, 3.05) is 6.61 Å². The lowest BCUT2D eigenvalue weighted by Crippen LogP contribution is -2.37. The van der Waals surface area contributed by atoms with Crippen molar-refractivity contribution in [2.45, 2.75) is 31.9 Å². The van der Waals surface area contributed by atoms with Gasteiger partial charge in [0.15, 0.2) is 0 Å². The quantitative estimate of drug-likeness (QED) is 0.437. The summed E-state index contributed by atoms with van der Waals surface area (Å²) in [5.41, 5.74) is -1.97. The van der Waals surface area contributed by atoms with E-state index in [4.69, 9.17) is 0 Å². The molecular formula is C9H9F7O2. The van der Waals surface area contributed by atoms with E-state index in [2.05, 4.69) is 4.74 Å². The van der Waals surface area contributed by atoms with E-state index in [0.29, 0.717) is 0 Å². The Labute approximate surface area is 97.4 Å². The van der Waals surface area contributed by atoms with Crippen LogP contribution in [0.5, 0.6) is 0 Å². The minimum atomic E-state index is -6.02. The van der Waals surface area contributed by atoms with Gasteiger partial charge in [0.2, 0.25) is 0 Å². The van der Waals surface area contributed by atoms with Crippen molar-refractivity contribution in [3.63, 3.8) is 0 Å². The molecule has 0 aromatic heterocycles. The van der Waals surface area contributed by atoms with Crippen LogP contribution in [0.3, 0.4) is 0 Å². The van der Waals surface area contributed by atoms with Crippen molar-refractivity contribution in [1.82, 2.24) is 0 Å². The predicted molar refractivity (Wildman–Crippen MR) is 46.1 cm³/mol. The van der Waals surface area contributed by atoms with Gasteiger partial charge in [0.1, 0.15) is 5.57 Å². The van der Waals surface area contributed by atoms with E-state index in [9.17, 15) is 35.5 Å². The first-order valence-electron chi connectivity index (χ1n) is 4.68. The number of ether oxygens (including phenoxy) is 1. The van der Waals surface area contributed by atoms with Gasteiger partial charge in [0.25, 0.3) is 6.08 Å². The van der Waals surface area contributed by atoms with E-state index in [1.807, 2.05) is 0 Å². The number of halogens is 7. The van der Waals surface area contributed by atoms with E-state index in [1.54, 1.807) is 0 Å². The van der Waals surface area contributed by atoms with Gasteiger partial charge in [-0.25, -0.2) is 4.79 Å². The molecule has 0 spiro atoms. The molecule has 0 aromatic rings. The zero-order valence-electron chi connectivity index (χ0n) is 9.08. The van der Waals surface area contributed by atoms with Crippen LogP contribution in [-0.4, -0.2) is 24.7 Å². The van der Waals surface area contributed by atoms with Gasteiger partial charge in [0, 0.05) is 0 Å². The molecule has 2 nitrogen and oxygen atoms in total. The summed E-state index contributed by atoms with van der Waals surface area (Å²) < 4.78 is 88.9. The zero-order valence-corrected chi connectivity index (χ0v) is 9.08. The van der Waals surface area contributed by atoms with Crippen molar-refractivity contribution in [1.29, 1.82) is 0 Å². The summed E-state index contributed by atoms with van der Waals surface area (Å²) in [6.07, 6.45) is -11.2. The molecule has 0 atom stereocenters. The van der Waals surface area contributed by atoms with E-state index >= 15 is 0 Å². The molecule has 9 heteroatoms. The first kappa shape index (κ1) is 16.7. The Morgan fingerprint density at radius 1 is 1.11 bits per heavy atom. The molecule has 0 N–H and O–H groups in total. The Kier molecular flexibility index (Phi) is 5.62. The van der Waals surface area contributed by atoms with Crippen molar-refractivity contribution in [2.24, 2.45) is 0 Å². The van der Waals surface area contributed by atoms with Gasteiger partial charge in [-0.3, -0.25) is 0 Å². The van der Waals surface area contributed by atoms with Crippen LogP contribution in [0.4, 0.5) is 30.7 Å². The highest BCUT2D eigenvalue weighted by atomic mass is 19.4. The molecule has 18 heavy (non-hydrogen) atoms. The van der Waals surface area contributed by atoms with Crippen LogP contribution in [-0.2, 0) is 9.53 Å². The third-order valence-corrected chi connectivity index (χ3v) is 1.73. The van der Waals surface area contributed by atoms with E-state index in [0.717, 1.165) is 0 Å². The molecule has 0 bridgehead atoms. The van der Waals surface area contributed by atoms with E-state index in [-0.39, 0.29) is 13.0 Å². The molecule has 0 rings (SSSR count). The number of alkyl halides is 5. The van der Waals surface area contributed by atoms with Gasteiger partial charge < -0.3 is 4.74 Å². The van der Waals surface area contributed by atoms with Crippen LogP contribution in [0.1, 0.15) is 19.8 Å². The molecular weight excluding hydrogens is 273 g/mol. The number of rotatable bonds is 5. The van der Waals surface area contributed by atoms with Crippen LogP contribution in [0.2, 0.25) is 0 Å². The minimum Gasteiger partial charge on any atom is -0.462 e. The summed E-state index contributed by atoms with van der Waals surface area (Å²) in [4.78, 5) is 10.9. The number of hydrogen-bond donors (Lipinski definition) is 0. The van der Waals surface area contributed by atoms with Crippen molar-refractivity contribution in [3.8, 4) is 0 Å². The average molecular weight is 282 g/mol. The first-order chi connectivity index (χ1) is 8.03. The van der Waals surface area contributed by atoms with Gasteiger partial charge in [-0.05, 0) is 6.42 Å². The molecule has 0 saturated carbocycles. The Morgan fingerprint density at radius 2 is 1.61 bits per heavy atom. The summed E-state index contributed by atoms with van der Waals surface area (Å²) in [5.74, 6) is -7.29. The molecule has 0 aliphatic carbocycles. The highest BCUT2D eigenvalue weighted by molar-refractivity contribution is 5.88. The Morgan fingerprint density at radius 3 is 1.94 bits per heavy atom. The third-order valence-electron chi connectivity index (χ3n) is 1.73. The highest BCUT2D eigenvalue weighted by Crippen LogP contribution is 2.40. The molecule has 0 heterocycles. The summed E-state index contributed by atoms with van der Waals surface area (Å²) in [5, 5.41) is 0. The van der Waals surface area contributed by atoms with Crippen LogP contribution >= 0.6 is 0 Å². The minimum absolute atomic E-state index is 0.211. The molecule has 0 fully saturated rings. The number of carbonyl (C=O) groups is 1. The van der Waals surface area contributed by atoms with Gasteiger partial charge in [-0.15, -0.1) is 0 Å². The molecule has 106 valence electrons. The first-order valence-corrected chi connectivity index (χ1v) is 4.68. The molecule has 0 amide bonds. The summed E-state index contributed by atoms with van der Waals surface area (Å²) >= 11 is 0. The van der Waals surface area contributed by atoms with Gasteiger partial charge >= 0.3 is 18.1 Å². The maximum Gasteiger partial charge on any atom is 0.453 e. The fourth-order valence-electron chi connectivity index (χ4n) is 0.820. The van der Waals surface area contributed by atoms with Crippen LogP contribution in [0, 0.1) is 0 Å². The molecule has 0 saturated heterocycles. The molecule has 0 unspecified atom stereocenters. The fraction of sp³-hybridized carbons (Fsp3) is 0.667. The maximum absolute atomic E-state index is 12.5. The average Bonchev–Trinajstić information content (AvgIpc) is 2.20. The second kappa shape index (κ2) is 6.05. The zero-order chi connectivity index (χ0) is 14.6. The van der Waals surface area contributed by atoms with Crippen LogP contribution < -0.4 is 0 Å². The second-order valence-corrected chi connectivity index (χ2v) is 3.25. The number of esters is 1. The summed E-state index contributed by atoms with van der Waals surface area (Å²) in [7, 11) is 0.